The third kappa shape index (κ3) is 2.17. The summed E-state index contributed by atoms with van der Waals surface area (Å²) in [7, 11) is 0. The van der Waals surface area contributed by atoms with Crippen LogP contribution < -0.4 is 0 Å². The molecule has 21 heavy (non-hydrogen) atoms. The fourth-order valence-electron chi connectivity index (χ4n) is 3.20. The maximum Gasteiger partial charge on any atom is 0.160 e. The Kier molecular flexibility index (Phi) is 3.23. The van der Waals surface area contributed by atoms with Crippen molar-refractivity contribution in [3.05, 3.63) is 58.0 Å². The van der Waals surface area contributed by atoms with Crippen molar-refractivity contribution in [1.82, 2.24) is 14.5 Å². The summed E-state index contributed by atoms with van der Waals surface area (Å²) in [4.78, 5) is 9.19. The Hall–Kier alpha value is -1.39. The van der Waals surface area contributed by atoms with E-state index in [2.05, 4.69) is 54.7 Å². The van der Waals surface area contributed by atoms with Crippen molar-refractivity contribution in [2.24, 2.45) is 0 Å². The van der Waals surface area contributed by atoms with E-state index in [-0.39, 0.29) is 0 Å². The molecule has 106 valence electrons. The number of halogens is 2. The first-order valence-corrected chi connectivity index (χ1v) is 8.24. The van der Waals surface area contributed by atoms with Gasteiger partial charge in [-0.05, 0) is 46.0 Å². The average molecular weight is 363 g/mol. The van der Waals surface area contributed by atoms with Crippen molar-refractivity contribution in [2.75, 3.05) is 0 Å². The number of alkyl halides is 1. The highest BCUT2D eigenvalue weighted by molar-refractivity contribution is 9.10. The normalized spacial score (nSPS) is 14.8. The van der Waals surface area contributed by atoms with Gasteiger partial charge >= 0.3 is 0 Å². The van der Waals surface area contributed by atoms with Gasteiger partial charge in [0.25, 0.3) is 0 Å². The first-order valence-electron chi connectivity index (χ1n) is 6.91. The quantitative estimate of drug-likeness (QED) is 0.637. The van der Waals surface area contributed by atoms with Crippen LogP contribution in [0.4, 0.5) is 0 Å². The van der Waals surface area contributed by atoms with Gasteiger partial charge in [0.05, 0.1) is 5.88 Å². The number of hydrogen-bond donors (Lipinski definition) is 0. The number of pyridine rings is 1. The van der Waals surface area contributed by atoms with Crippen LogP contribution in [0.2, 0.25) is 0 Å². The standard InChI is InChI=1S/C16H13BrClN3/c17-12-7-14-16(19-9-12)21(15(8-18)20-14)13-5-10-3-1-2-4-11(10)6-13/h1-4,7,9,13H,5-6,8H2. The van der Waals surface area contributed by atoms with Crippen molar-refractivity contribution in [1.29, 1.82) is 0 Å². The van der Waals surface area contributed by atoms with Gasteiger partial charge in [-0.3, -0.25) is 0 Å². The summed E-state index contributed by atoms with van der Waals surface area (Å²) in [6.45, 7) is 0. The second-order valence-electron chi connectivity index (χ2n) is 5.36. The van der Waals surface area contributed by atoms with E-state index in [1.54, 1.807) is 0 Å². The summed E-state index contributed by atoms with van der Waals surface area (Å²) in [5.74, 6) is 1.30. The molecule has 2 aromatic heterocycles. The smallest absolute Gasteiger partial charge is 0.160 e. The highest BCUT2D eigenvalue weighted by Gasteiger charge is 2.26. The van der Waals surface area contributed by atoms with Crippen LogP contribution in [0.5, 0.6) is 0 Å². The molecule has 1 aliphatic carbocycles. The van der Waals surface area contributed by atoms with Gasteiger partial charge in [0.15, 0.2) is 5.65 Å². The molecule has 3 nitrogen and oxygen atoms in total. The zero-order chi connectivity index (χ0) is 14.4. The highest BCUT2D eigenvalue weighted by Crippen LogP contribution is 2.33. The van der Waals surface area contributed by atoms with E-state index < -0.39 is 0 Å². The molecule has 0 radical (unpaired) electrons. The molecular formula is C16H13BrClN3. The van der Waals surface area contributed by atoms with Crippen molar-refractivity contribution >= 4 is 38.7 Å². The number of fused-ring (bicyclic) bond motifs is 2. The summed E-state index contributed by atoms with van der Waals surface area (Å²) < 4.78 is 3.16. The van der Waals surface area contributed by atoms with E-state index in [1.165, 1.54) is 11.1 Å². The monoisotopic (exact) mass is 361 g/mol. The first-order chi connectivity index (χ1) is 10.3. The predicted molar refractivity (Wildman–Crippen MR) is 87.7 cm³/mol. The summed E-state index contributed by atoms with van der Waals surface area (Å²) in [6.07, 6.45) is 3.85. The molecule has 0 bridgehead atoms. The third-order valence-corrected chi connectivity index (χ3v) is 4.76. The van der Waals surface area contributed by atoms with E-state index in [0.29, 0.717) is 11.9 Å². The topological polar surface area (TPSA) is 30.7 Å². The lowest BCUT2D eigenvalue weighted by Crippen LogP contribution is -2.12. The van der Waals surface area contributed by atoms with Crippen molar-refractivity contribution in [3.63, 3.8) is 0 Å². The van der Waals surface area contributed by atoms with Gasteiger partial charge in [0, 0.05) is 16.7 Å². The van der Waals surface area contributed by atoms with E-state index in [9.17, 15) is 0 Å². The Labute approximate surface area is 136 Å². The van der Waals surface area contributed by atoms with Gasteiger partial charge in [-0.1, -0.05) is 24.3 Å². The summed E-state index contributed by atoms with van der Waals surface area (Å²) >= 11 is 9.56. The average Bonchev–Trinajstić information content (AvgIpc) is 3.06. The Morgan fingerprint density at radius 2 is 1.95 bits per heavy atom. The van der Waals surface area contributed by atoms with Crippen LogP contribution in [-0.2, 0) is 18.7 Å². The van der Waals surface area contributed by atoms with Crippen LogP contribution in [-0.4, -0.2) is 14.5 Å². The second-order valence-corrected chi connectivity index (χ2v) is 6.54. The van der Waals surface area contributed by atoms with Crippen LogP contribution in [0.15, 0.2) is 41.0 Å². The molecule has 0 spiro atoms. The molecule has 3 aromatic rings. The lowest BCUT2D eigenvalue weighted by Gasteiger charge is -2.14. The third-order valence-electron chi connectivity index (χ3n) is 4.08. The lowest BCUT2D eigenvalue weighted by molar-refractivity contribution is 0.525. The van der Waals surface area contributed by atoms with Gasteiger partial charge < -0.3 is 4.57 Å². The molecule has 1 aliphatic rings. The largest absolute Gasteiger partial charge is 0.308 e. The van der Waals surface area contributed by atoms with E-state index in [0.717, 1.165) is 34.3 Å². The van der Waals surface area contributed by atoms with E-state index >= 15 is 0 Å². The Morgan fingerprint density at radius 3 is 2.62 bits per heavy atom. The van der Waals surface area contributed by atoms with Crippen LogP contribution in [0.25, 0.3) is 11.2 Å². The fraction of sp³-hybridized carbons (Fsp3) is 0.250. The molecule has 0 atom stereocenters. The van der Waals surface area contributed by atoms with Crippen LogP contribution in [0.3, 0.4) is 0 Å². The molecule has 4 rings (SSSR count). The maximum absolute atomic E-state index is 6.11. The molecule has 0 amide bonds. The fourth-order valence-corrected chi connectivity index (χ4v) is 3.71. The molecule has 5 heteroatoms. The predicted octanol–water partition coefficient (Wildman–Crippen LogP) is 4.27. The van der Waals surface area contributed by atoms with Gasteiger partial charge in [0.2, 0.25) is 0 Å². The first kappa shape index (κ1) is 13.3. The van der Waals surface area contributed by atoms with Gasteiger partial charge in [-0.15, -0.1) is 11.6 Å². The van der Waals surface area contributed by atoms with E-state index in [1.807, 2.05) is 12.3 Å². The highest BCUT2D eigenvalue weighted by atomic mass is 79.9. The van der Waals surface area contributed by atoms with Crippen molar-refractivity contribution < 1.29 is 0 Å². The number of aromatic nitrogens is 3. The minimum Gasteiger partial charge on any atom is -0.308 e. The molecule has 0 saturated carbocycles. The van der Waals surface area contributed by atoms with Crippen molar-refractivity contribution in [3.8, 4) is 0 Å². The number of nitrogens with zero attached hydrogens (tertiary/aromatic N) is 3. The van der Waals surface area contributed by atoms with Crippen LogP contribution >= 0.6 is 27.5 Å². The zero-order valence-corrected chi connectivity index (χ0v) is 13.6. The van der Waals surface area contributed by atoms with Gasteiger partial charge in [0.1, 0.15) is 11.3 Å². The molecule has 2 heterocycles. The molecule has 0 saturated heterocycles. The van der Waals surface area contributed by atoms with Gasteiger partial charge in [-0.25, -0.2) is 9.97 Å². The molecule has 0 unspecified atom stereocenters. The Morgan fingerprint density at radius 1 is 1.24 bits per heavy atom. The van der Waals surface area contributed by atoms with Crippen molar-refractivity contribution in [2.45, 2.75) is 24.8 Å². The van der Waals surface area contributed by atoms with E-state index in [4.69, 9.17) is 11.6 Å². The molecule has 0 aliphatic heterocycles. The molecule has 0 fully saturated rings. The zero-order valence-electron chi connectivity index (χ0n) is 11.3. The number of imidazole rings is 1. The molecule has 0 N–H and O–H groups in total. The molecule has 1 aromatic carbocycles. The SMILES string of the molecule is ClCc1nc2cc(Br)cnc2n1C1Cc2ccccc2C1. The number of benzene rings is 1. The van der Waals surface area contributed by atoms with Gasteiger partial charge in [-0.2, -0.15) is 0 Å². The minimum absolute atomic E-state index is 0.356. The molecular weight excluding hydrogens is 350 g/mol. The maximum atomic E-state index is 6.11. The Bertz CT molecular complexity index is 803. The summed E-state index contributed by atoms with van der Waals surface area (Å²) in [5.41, 5.74) is 4.66. The van der Waals surface area contributed by atoms with Crippen LogP contribution in [0.1, 0.15) is 23.0 Å². The lowest BCUT2D eigenvalue weighted by atomic mass is 10.1. The Balaban J connectivity index is 1.84. The minimum atomic E-state index is 0.356. The number of hydrogen-bond acceptors (Lipinski definition) is 2. The van der Waals surface area contributed by atoms with Crippen LogP contribution in [0, 0.1) is 0 Å². The second kappa shape index (κ2) is 5.11. The summed E-state index contributed by atoms with van der Waals surface area (Å²) in [6, 6.07) is 11.0. The number of rotatable bonds is 2. The summed E-state index contributed by atoms with van der Waals surface area (Å²) in [5, 5.41) is 0.